The minimum atomic E-state index is -0.551. The van der Waals surface area contributed by atoms with E-state index in [-0.39, 0.29) is 0 Å². The highest BCUT2D eigenvalue weighted by atomic mass is 32.1. The van der Waals surface area contributed by atoms with Gasteiger partial charge in [-0.1, -0.05) is 42.5 Å². The fourth-order valence-electron chi connectivity index (χ4n) is 2.39. The lowest BCUT2D eigenvalue weighted by Crippen LogP contribution is -2.21. The summed E-state index contributed by atoms with van der Waals surface area (Å²) in [6.45, 7) is 1.12. The van der Waals surface area contributed by atoms with Gasteiger partial charge in [0.2, 0.25) is 0 Å². The summed E-state index contributed by atoms with van der Waals surface area (Å²) in [5.41, 5.74) is 2.98. The van der Waals surface area contributed by atoms with Gasteiger partial charge in [0.25, 0.3) is 0 Å². The van der Waals surface area contributed by atoms with Crippen LogP contribution in [0, 0.1) is 0 Å². The number of aliphatic hydroxyl groups excluding tert-OH is 1. The van der Waals surface area contributed by atoms with Crippen molar-refractivity contribution < 1.29 is 9.84 Å². The predicted molar refractivity (Wildman–Crippen MR) is 97.2 cm³/mol. The third kappa shape index (κ3) is 4.20. The summed E-state index contributed by atoms with van der Waals surface area (Å²) in [7, 11) is 1.63. The fraction of sp³-hybridized carbons (Fsp3) is 0.211. The normalized spacial score (nSPS) is 12.1. The summed E-state index contributed by atoms with van der Waals surface area (Å²) in [5.74, 6) is 0.787. The molecule has 4 nitrogen and oxygen atoms in total. The first-order chi connectivity index (χ1) is 11.8. The van der Waals surface area contributed by atoms with Crippen LogP contribution in [0.2, 0.25) is 0 Å². The van der Waals surface area contributed by atoms with Crippen LogP contribution >= 0.6 is 11.3 Å². The van der Waals surface area contributed by atoms with Crippen LogP contribution in [0.5, 0.6) is 5.75 Å². The molecular weight excluding hydrogens is 320 g/mol. The lowest BCUT2D eigenvalue weighted by atomic mass is 10.1. The monoisotopic (exact) mass is 340 g/mol. The van der Waals surface area contributed by atoms with E-state index in [0.717, 1.165) is 27.6 Å². The van der Waals surface area contributed by atoms with Crippen molar-refractivity contribution in [1.82, 2.24) is 10.3 Å². The highest BCUT2D eigenvalue weighted by Crippen LogP contribution is 2.21. The van der Waals surface area contributed by atoms with Crippen LogP contribution in [0.25, 0.3) is 11.3 Å². The maximum absolute atomic E-state index is 10.2. The van der Waals surface area contributed by atoms with Crippen LogP contribution in [-0.4, -0.2) is 23.7 Å². The smallest absolute Gasteiger partial charge is 0.118 e. The molecule has 1 atom stereocenters. The molecule has 0 saturated carbocycles. The van der Waals surface area contributed by atoms with Crippen molar-refractivity contribution in [3.63, 3.8) is 0 Å². The Morgan fingerprint density at radius 1 is 1.12 bits per heavy atom. The maximum atomic E-state index is 10.2. The third-order valence-corrected chi connectivity index (χ3v) is 4.58. The topological polar surface area (TPSA) is 54.4 Å². The molecule has 0 aliphatic carbocycles. The molecule has 1 aromatic heterocycles. The predicted octanol–water partition coefficient (Wildman–Crippen LogP) is 3.64. The Kier molecular flexibility index (Phi) is 5.59. The number of hydrogen-bond acceptors (Lipinski definition) is 5. The van der Waals surface area contributed by atoms with E-state index in [2.05, 4.69) is 27.8 Å². The van der Waals surface area contributed by atoms with Crippen molar-refractivity contribution in [3.05, 3.63) is 70.5 Å². The van der Waals surface area contributed by atoms with Crippen molar-refractivity contribution in [2.75, 3.05) is 13.7 Å². The van der Waals surface area contributed by atoms with Crippen molar-refractivity contribution >= 4 is 11.3 Å². The van der Waals surface area contributed by atoms with Gasteiger partial charge in [-0.2, -0.15) is 0 Å². The molecule has 3 aromatic rings. The van der Waals surface area contributed by atoms with E-state index >= 15 is 0 Å². The second-order valence-electron chi connectivity index (χ2n) is 5.41. The first kappa shape index (κ1) is 16.6. The van der Waals surface area contributed by atoms with Crippen molar-refractivity contribution in [2.24, 2.45) is 0 Å². The number of nitrogens with zero attached hydrogens (tertiary/aromatic N) is 1. The molecule has 24 heavy (non-hydrogen) atoms. The third-order valence-electron chi connectivity index (χ3n) is 3.74. The molecule has 0 aliphatic heterocycles. The van der Waals surface area contributed by atoms with E-state index in [4.69, 9.17) is 4.74 Å². The van der Waals surface area contributed by atoms with Crippen molar-refractivity contribution in [1.29, 1.82) is 0 Å². The fourth-order valence-corrected chi connectivity index (χ4v) is 3.17. The molecular formula is C19H20N2O2S. The highest BCUT2D eigenvalue weighted by Gasteiger charge is 2.08. The Bertz CT molecular complexity index is 757. The van der Waals surface area contributed by atoms with Gasteiger partial charge >= 0.3 is 0 Å². The number of aliphatic hydroxyl groups is 1. The average molecular weight is 340 g/mol. The van der Waals surface area contributed by atoms with Crippen LogP contribution in [0.15, 0.2) is 60.0 Å². The van der Waals surface area contributed by atoms with Gasteiger partial charge in [0.15, 0.2) is 0 Å². The summed E-state index contributed by atoms with van der Waals surface area (Å²) < 4.78 is 5.12. The van der Waals surface area contributed by atoms with Gasteiger partial charge in [-0.3, -0.25) is 0 Å². The first-order valence-corrected chi connectivity index (χ1v) is 8.67. The summed E-state index contributed by atoms with van der Waals surface area (Å²) in [4.78, 5) is 4.63. The number of rotatable bonds is 7. The lowest BCUT2D eigenvalue weighted by Gasteiger charge is -2.12. The highest BCUT2D eigenvalue weighted by molar-refractivity contribution is 7.09. The molecule has 0 spiro atoms. The zero-order valence-corrected chi connectivity index (χ0v) is 14.3. The SMILES string of the molecule is COc1ccc(C(O)CNCc2nc(-c3ccccc3)cs2)cc1. The number of nitrogens with one attached hydrogen (secondary N) is 1. The number of aromatic nitrogens is 1. The van der Waals surface area contributed by atoms with Gasteiger partial charge in [0.05, 0.1) is 18.9 Å². The van der Waals surface area contributed by atoms with Crippen LogP contribution in [-0.2, 0) is 6.54 Å². The number of ether oxygens (including phenoxy) is 1. The van der Waals surface area contributed by atoms with Gasteiger partial charge in [-0.05, 0) is 17.7 Å². The zero-order valence-electron chi connectivity index (χ0n) is 13.5. The number of benzene rings is 2. The molecule has 0 saturated heterocycles. The molecule has 1 heterocycles. The molecule has 2 N–H and O–H groups in total. The second-order valence-corrected chi connectivity index (χ2v) is 6.36. The van der Waals surface area contributed by atoms with E-state index in [1.165, 1.54) is 0 Å². The van der Waals surface area contributed by atoms with E-state index in [1.807, 2.05) is 42.5 Å². The van der Waals surface area contributed by atoms with Gasteiger partial charge in [0.1, 0.15) is 10.8 Å². The van der Waals surface area contributed by atoms with Crippen molar-refractivity contribution in [3.8, 4) is 17.0 Å². The lowest BCUT2D eigenvalue weighted by molar-refractivity contribution is 0.174. The summed E-state index contributed by atoms with van der Waals surface area (Å²) in [6.07, 6.45) is -0.551. The molecule has 2 aromatic carbocycles. The Balaban J connectivity index is 1.52. The number of thiazole rings is 1. The summed E-state index contributed by atoms with van der Waals surface area (Å²) in [6, 6.07) is 17.6. The molecule has 124 valence electrons. The zero-order chi connectivity index (χ0) is 16.8. The molecule has 0 fully saturated rings. The Morgan fingerprint density at radius 3 is 2.58 bits per heavy atom. The minimum absolute atomic E-state index is 0.479. The Hall–Kier alpha value is -2.21. The number of hydrogen-bond donors (Lipinski definition) is 2. The van der Waals surface area contributed by atoms with Crippen molar-refractivity contribution in [2.45, 2.75) is 12.6 Å². The van der Waals surface area contributed by atoms with Crippen LogP contribution in [0.3, 0.4) is 0 Å². The maximum Gasteiger partial charge on any atom is 0.118 e. The minimum Gasteiger partial charge on any atom is -0.497 e. The Labute approximate surface area is 145 Å². The molecule has 0 aliphatic rings. The molecule has 5 heteroatoms. The average Bonchev–Trinajstić information content (AvgIpc) is 3.11. The molecule has 0 bridgehead atoms. The summed E-state index contributed by atoms with van der Waals surface area (Å²) >= 11 is 1.63. The molecule has 1 unspecified atom stereocenters. The van der Waals surface area contributed by atoms with E-state index in [9.17, 15) is 5.11 Å². The number of methoxy groups -OCH3 is 1. The van der Waals surface area contributed by atoms with Gasteiger partial charge < -0.3 is 15.2 Å². The van der Waals surface area contributed by atoms with Gasteiger partial charge in [-0.25, -0.2) is 4.98 Å². The quantitative estimate of drug-likeness (QED) is 0.689. The van der Waals surface area contributed by atoms with Crippen LogP contribution in [0.1, 0.15) is 16.7 Å². The molecule has 3 rings (SSSR count). The standard InChI is InChI=1S/C19H20N2O2S/c1-23-16-9-7-15(8-10-16)18(22)11-20-12-19-21-17(13-24-19)14-5-3-2-4-6-14/h2-10,13,18,20,22H,11-12H2,1H3. The van der Waals surface area contributed by atoms with E-state index in [0.29, 0.717) is 13.1 Å². The van der Waals surface area contributed by atoms with Gasteiger partial charge in [0, 0.05) is 24.0 Å². The van der Waals surface area contributed by atoms with E-state index < -0.39 is 6.10 Å². The van der Waals surface area contributed by atoms with Crippen LogP contribution < -0.4 is 10.1 Å². The Morgan fingerprint density at radius 2 is 1.88 bits per heavy atom. The summed E-state index contributed by atoms with van der Waals surface area (Å²) in [5, 5.41) is 16.6. The molecule has 0 amide bonds. The van der Waals surface area contributed by atoms with Crippen LogP contribution in [0.4, 0.5) is 0 Å². The first-order valence-electron chi connectivity index (χ1n) is 7.79. The second kappa shape index (κ2) is 8.06. The van der Waals surface area contributed by atoms with E-state index in [1.54, 1.807) is 18.4 Å². The largest absolute Gasteiger partial charge is 0.497 e. The van der Waals surface area contributed by atoms with Gasteiger partial charge in [-0.15, -0.1) is 11.3 Å². The molecule has 0 radical (unpaired) electrons.